The lowest BCUT2D eigenvalue weighted by atomic mass is 10.2. The van der Waals surface area contributed by atoms with Crippen LogP contribution in [0.15, 0.2) is 77.0 Å². The Bertz CT molecular complexity index is 1040. The monoisotopic (exact) mass is 394 g/mol. The van der Waals surface area contributed by atoms with Crippen LogP contribution >= 0.6 is 11.6 Å². The molecule has 0 atom stereocenters. The Labute approximate surface area is 165 Å². The van der Waals surface area contributed by atoms with Gasteiger partial charge in [0.15, 0.2) is 5.84 Å². The average molecular weight is 395 g/mol. The molecule has 0 amide bonds. The summed E-state index contributed by atoms with van der Waals surface area (Å²) < 4.78 is 0. The predicted octanol–water partition coefficient (Wildman–Crippen LogP) is 3.42. The number of nitrogens with zero attached hydrogens (tertiary/aromatic N) is 4. The largest absolute Gasteiger partial charge is 0.867 e. The number of hydrogen-bond acceptors (Lipinski definition) is 6. The number of halogens is 1. The summed E-state index contributed by atoms with van der Waals surface area (Å²) in [6.45, 7) is 0. The zero-order chi connectivity index (χ0) is 19.9. The fourth-order valence-corrected chi connectivity index (χ4v) is 2.49. The molecule has 0 aliphatic carbocycles. The van der Waals surface area contributed by atoms with Gasteiger partial charge in [0, 0.05) is 17.3 Å². The Morgan fingerprint density at radius 2 is 1.89 bits per heavy atom. The highest BCUT2D eigenvalue weighted by atomic mass is 35.5. The van der Waals surface area contributed by atoms with Crippen molar-refractivity contribution in [3.63, 3.8) is 0 Å². The Balaban J connectivity index is 1.91. The Kier molecular flexibility index (Phi) is 5.93. The van der Waals surface area contributed by atoms with Crippen molar-refractivity contribution in [3.05, 3.63) is 93.3 Å². The van der Waals surface area contributed by atoms with E-state index in [1.807, 2.05) is 30.3 Å². The first kappa shape index (κ1) is 19.0. The number of aromatic nitrogens is 1. The fourth-order valence-electron chi connectivity index (χ4n) is 2.27. The highest BCUT2D eigenvalue weighted by Crippen LogP contribution is 2.29. The minimum Gasteiger partial charge on any atom is -0.867 e. The van der Waals surface area contributed by atoms with Crippen molar-refractivity contribution in [2.24, 2.45) is 10.1 Å². The summed E-state index contributed by atoms with van der Waals surface area (Å²) in [5.41, 5.74) is 3.30. The standard InChI is InChI=1S/C19H14ClN5O3/c20-14-10-13(18(26)17(11-14)25(27)28)12-22-24-19(16-8-4-5-9-21-16)23-15-6-2-1-3-7-15/h1-12,26H,(H,23,24)/p-1/b22-12-. The Morgan fingerprint density at radius 1 is 1.14 bits per heavy atom. The molecule has 0 unspecified atom stereocenters. The minimum absolute atomic E-state index is 0.0215. The first-order valence-corrected chi connectivity index (χ1v) is 8.41. The first-order chi connectivity index (χ1) is 13.5. The van der Waals surface area contributed by atoms with E-state index in [2.05, 4.69) is 20.5 Å². The quantitative estimate of drug-likeness (QED) is 0.308. The van der Waals surface area contributed by atoms with Gasteiger partial charge in [0.2, 0.25) is 0 Å². The summed E-state index contributed by atoms with van der Waals surface area (Å²) in [5, 5.41) is 27.1. The van der Waals surface area contributed by atoms with Gasteiger partial charge < -0.3 is 5.11 Å². The molecule has 0 aliphatic heterocycles. The van der Waals surface area contributed by atoms with E-state index in [-0.39, 0.29) is 10.6 Å². The summed E-state index contributed by atoms with van der Waals surface area (Å²) in [6, 6.07) is 16.8. The molecule has 2 aromatic carbocycles. The van der Waals surface area contributed by atoms with Gasteiger partial charge in [-0.25, -0.2) is 4.99 Å². The van der Waals surface area contributed by atoms with Crippen LogP contribution in [0.3, 0.4) is 0 Å². The number of aliphatic imine (C=N–C) groups is 1. The first-order valence-electron chi connectivity index (χ1n) is 8.04. The lowest BCUT2D eigenvalue weighted by Crippen LogP contribution is -2.20. The molecule has 8 nitrogen and oxygen atoms in total. The zero-order valence-electron chi connectivity index (χ0n) is 14.3. The van der Waals surface area contributed by atoms with Crippen molar-refractivity contribution in [1.29, 1.82) is 0 Å². The molecule has 1 aromatic heterocycles. The second kappa shape index (κ2) is 8.74. The van der Waals surface area contributed by atoms with E-state index in [0.29, 0.717) is 17.2 Å². The van der Waals surface area contributed by atoms with Crippen LogP contribution in [0.2, 0.25) is 5.02 Å². The van der Waals surface area contributed by atoms with Crippen LogP contribution in [-0.4, -0.2) is 22.0 Å². The topological polar surface area (TPSA) is 116 Å². The van der Waals surface area contributed by atoms with Crippen molar-refractivity contribution in [2.45, 2.75) is 0 Å². The number of para-hydroxylation sites is 1. The number of benzene rings is 2. The van der Waals surface area contributed by atoms with Gasteiger partial charge in [-0.15, -0.1) is 0 Å². The summed E-state index contributed by atoms with van der Waals surface area (Å²) in [5.74, 6) is -0.439. The van der Waals surface area contributed by atoms with Gasteiger partial charge in [-0.05, 0) is 41.6 Å². The van der Waals surface area contributed by atoms with Crippen LogP contribution in [0.5, 0.6) is 5.75 Å². The molecule has 9 heteroatoms. The molecule has 140 valence electrons. The van der Waals surface area contributed by atoms with Crippen LogP contribution < -0.4 is 10.5 Å². The number of amidine groups is 1. The summed E-state index contributed by atoms with van der Waals surface area (Å²) in [6.07, 6.45) is 2.77. The van der Waals surface area contributed by atoms with Gasteiger partial charge in [-0.3, -0.25) is 20.5 Å². The lowest BCUT2D eigenvalue weighted by molar-refractivity contribution is -0.398. The van der Waals surface area contributed by atoms with Crippen LogP contribution in [0.4, 0.5) is 11.4 Å². The van der Waals surface area contributed by atoms with Gasteiger partial charge in [-0.2, -0.15) is 5.10 Å². The van der Waals surface area contributed by atoms with E-state index in [1.165, 1.54) is 6.07 Å². The van der Waals surface area contributed by atoms with Gasteiger partial charge >= 0.3 is 0 Å². The van der Waals surface area contributed by atoms with E-state index < -0.39 is 16.4 Å². The van der Waals surface area contributed by atoms with Crippen molar-refractivity contribution in [3.8, 4) is 5.75 Å². The van der Waals surface area contributed by atoms with Crippen molar-refractivity contribution >= 4 is 35.0 Å². The normalized spacial score (nSPS) is 11.5. The number of rotatable bonds is 5. The number of nitrogens with one attached hydrogen (secondary N) is 1. The molecule has 3 rings (SSSR count). The number of nitro benzene ring substituents is 1. The highest BCUT2D eigenvalue weighted by Gasteiger charge is 2.11. The number of hydrazone groups is 1. The maximum atomic E-state index is 12.1. The van der Waals surface area contributed by atoms with Crippen molar-refractivity contribution in [1.82, 2.24) is 10.4 Å². The zero-order valence-corrected chi connectivity index (χ0v) is 15.1. The second-order valence-electron chi connectivity index (χ2n) is 5.48. The molecule has 1 N–H and O–H groups in total. The van der Waals surface area contributed by atoms with Gasteiger partial charge in [0.1, 0.15) is 5.69 Å². The van der Waals surface area contributed by atoms with Crippen LogP contribution in [0.1, 0.15) is 11.3 Å². The molecular formula is C19H13ClN5O3-. The highest BCUT2D eigenvalue weighted by molar-refractivity contribution is 6.31. The summed E-state index contributed by atoms with van der Waals surface area (Å²) in [7, 11) is 0. The maximum Gasteiger partial charge on any atom is 0.263 e. The Hall–Kier alpha value is -3.78. The fraction of sp³-hybridized carbons (Fsp3) is 0. The van der Waals surface area contributed by atoms with Crippen molar-refractivity contribution in [2.75, 3.05) is 0 Å². The second-order valence-corrected chi connectivity index (χ2v) is 5.92. The van der Waals surface area contributed by atoms with E-state index in [4.69, 9.17) is 11.6 Å². The van der Waals surface area contributed by atoms with Gasteiger partial charge in [-0.1, -0.05) is 35.9 Å². The summed E-state index contributed by atoms with van der Waals surface area (Å²) in [4.78, 5) is 18.9. The number of hydrogen-bond donors (Lipinski definition) is 1. The van der Waals surface area contributed by atoms with E-state index >= 15 is 0 Å². The third-order valence-electron chi connectivity index (χ3n) is 3.54. The SMILES string of the molecule is O=[N+]([O-])c1cc(Cl)cc(/C=N\NC(=Nc2ccccc2)c2ccccn2)c1[O-]. The number of pyridine rings is 1. The molecule has 3 aromatic rings. The smallest absolute Gasteiger partial charge is 0.263 e. The molecule has 0 saturated heterocycles. The van der Waals surface area contributed by atoms with E-state index in [1.54, 1.807) is 24.4 Å². The predicted molar refractivity (Wildman–Crippen MR) is 105 cm³/mol. The van der Waals surface area contributed by atoms with Crippen LogP contribution in [-0.2, 0) is 0 Å². The molecule has 0 aliphatic rings. The lowest BCUT2D eigenvalue weighted by Gasteiger charge is -2.11. The minimum atomic E-state index is -0.783. The van der Waals surface area contributed by atoms with E-state index in [0.717, 1.165) is 12.3 Å². The van der Waals surface area contributed by atoms with Crippen LogP contribution in [0.25, 0.3) is 0 Å². The third kappa shape index (κ3) is 4.68. The average Bonchev–Trinajstić information content (AvgIpc) is 2.70. The summed E-state index contributed by atoms with van der Waals surface area (Å²) >= 11 is 5.85. The number of nitro groups is 1. The molecule has 0 bridgehead atoms. The van der Waals surface area contributed by atoms with Crippen molar-refractivity contribution < 1.29 is 10.0 Å². The third-order valence-corrected chi connectivity index (χ3v) is 3.76. The molecule has 28 heavy (non-hydrogen) atoms. The molecule has 0 radical (unpaired) electrons. The molecule has 0 spiro atoms. The van der Waals surface area contributed by atoms with Gasteiger partial charge in [0.25, 0.3) is 5.69 Å². The van der Waals surface area contributed by atoms with Gasteiger partial charge in [0.05, 0.1) is 16.8 Å². The Morgan fingerprint density at radius 3 is 2.57 bits per heavy atom. The molecular weight excluding hydrogens is 382 g/mol. The molecule has 0 fully saturated rings. The van der Waals surface area contributed by atoms with E-state index in [9.17, 15) is 15.2 Å². The van der Waals surface area contributed by atoms with Crippen LogP contribution in [0, 0.1) is 10.1 Å². The maximum absolute atomic E-state index is 12.1. The molecule has 0 saturated carbocycles. The molecule has 1 heterocycles.